The molecule has 0 atom stereocenters. The average Bonchev–Trinajstić information content (AvgIpc) is 2.78. The molecule has 0 aliphatic rings. The molecule has 88 valence electrons. The van der Waals surface area contributed by atoms with Crippen molar-refractivity contribution in [1.29, 1.82) is 0 Å². The Bertz CT molecular complexity index is 527. The summed E-state index contributed by atoms with van der Waals surface area (Å²) in [6.07, 6.45) is 3.46. The van der Waals surface area contributed by atoms with E-state index in [0.717, 1.165) is 22.4 Å². The van der Waals surface area contributed by atoms with E-state index in [4.69, 9.17) is 4.42 Å². The van der Waals surface area contributed by atoms with Gasteiger partial charge in [0.1, 0.15) is 17.6 Å². The van der Waals surface area contributed by atoms with Crippen molar-refractivity contribution in [3.05, 3.63) is 36.1 Å². The van der Waals surface area contributed by atoms with Crippen LogP contribution in [0.25, 0.3) is 11.0 Å². The number of hydrogen-bond donors (Lipinski definition) is 1. The first-order valence-electron chi connectivity index (χ1n) is 5.15. The molecule has 0 saturated heterocycles. The molecule has 1 aromatic heterocycles. The summed E-state index contributed by atoms with van der Waals surface area (Å²) in [6.45, 7) is 1.87. The van der Waals surface area contributed by atoms with Crippen LogP contribution in [0, 0.1) is 0 Å². The van der Waals surface area contributed by atoms with Crippen LogP contribution in [0.4, 0.5) is 0 Å². The third-order valence-corrected chi connectivity index (χ3v) is 2.56. The molecule has 0 saturated carbocycles. The van der Waals surface area contributed by atoms with Crippen LogP contribution >= 0.6 is 11.9 Å². The van der Waals surface area contributed by atoms with Gasteiger partial charge in [0.25, 0.3) is 0 Å². The predicted molar refractivity (Wildman–Crippen MR) is 73.6 cm³/mol. The minimum absolute atomic E-state index is 0.743. The van der Waals surface area contributed by atoms with E-state index in [1.165, 1.54) is 18.3 Å². The Labute approximate surface area is 104 Å². The number of para-hydroxylation sites is 1. The van der Waals surface area contributed by atoms with Gasteiger partial charge in [-0.2, -0.15) is 5.10 Å². The highest BCUT2D eigenvalue weighted by atomic mass is 32.2. The molecule has 0 spiro atoms. The molecular formula is C12H13N3OS. The normalized spacial score (nSPS) is 12.5. The summed E-state index contributed by atoms with van der Waals surface area (Å²) in [7, 11) is 0. The van der Waals surface area contributed by atoms with E-state index < -0.39 is 0 Å². The second kappa shape index (κ2) is 5.54. The summed E-state index contributed by atoms with van der Waals surface area (Å²) < 4.78 is 8.53. The Kier molecular flexibility index (Phi) is 3.82. The molecule has 5 heteroatoms. The fraction of sp³-hybridized carbons (Fsp3) is 0.167. The Balaban J connectivity index is 2.21. The lowest BCUT2D eigenvalue weighted by Crippen LogP contribution is -1.97. The van der Waals surface area contributed by atoms with Gasteiger partial charge in [0.05, 0.1) is 0 Å². The summed E-state index contributed by atoms with van der Waals surface area (Å²) in [5.41, 5.74) is 1.61. The fourth-order valence-corrected chi connectivity index (χ4v) is 1.55. The zero-order chi connectivity index (χ0) is 12.1. The topological polar surface area (TPSA) is 49.9 Å². The standard InChI is InChI=1S/C12H13N3OS/c1-9(15-13-8-14-17-2)12-7-10-5-3-4-6-11(10)16-12/h3-8H,1-2H3,(H,13,14). The SMILES string of the molecule is CSNC=NN=C(C)c1cc2ccccc2o1. The van der Waals surface area contributed by atoms with E-state index in [0.29, 0.717) is 0 Å². The molecular weight excluding hydrogens is 234 g/mol. The van der Waals surface area contributed by atoms with Crippen molar-refractivity contribution < 1.29 is 4.42 Å². The van der Waals surface area contributed by atoms with Crippen LogP contribution in [0.3, 0.4) is 0 Å². The van der Waals surface area contributed by atoms with Gasteiger partial charge in [-0.05, 0) is 19.1 Å². The molecule has 17 heavy (non-hydrogen) atoms. The van der Waals surface area contributed by atoms with Crippen molar-refractivity contribution in [3.8, 4) is 0 Å². The van der Waals surface area contributed by atoms with Crippen molar-refractivity contribution in [2.75, 3.05) is 6.26 Å². The average molecular weight is 247 g/mol. The van der Waals surface area contributed by atoms with Crippen LogP contribution in [0.15, 0.2) is 45.0 Å². The lowest BCUT2D eigenvalue weighted by Gasteiger charge is -1.91. The van der Waals surface area contributed by atoms with Gasteiger partial charge in [0, 0.05) is 11.6 Å². The molecule has 1 N–H and O–H groups in total. The smallest absolute Gasteiger partial charge is 0.151 e. The summed E-state index contributed by atoms with van der Waals surface area (Å²) >= 11 is 1.46. The zero-order valence-corrected chi connectivity index (χ0v) is 10.5. The van der Waals surface area contributed by atoms with E-state index in [9.17, 15) is 0 Å². The van der Waals surface area contributed by atoms with E-state index in [2.05, 4.69) is 14.9 Å². The zero-order valence-electron chi connectivity index (χ0n) is 9.68. The lowest BCUT2D eigenvalue weighted by atomic mass is 10.2. The first-order chi connectivity index (χ1) is 8.31. The van der Waals surface area contributed by atoms with Crippen LogP contribution in [0.1, 0.15) is 12.7 Å². The quantitative estimate of drug-likeness (QED) is 0.391. The van der Waals surface area contributed by atoms with Gasteiger partial charge >= 0.3 is 0 Å². The molecule has 2 rings (SSSR count). The molecule has 1 heterocycles. The maximum atomic E-state index is 5.66. The van der Waals surface area contributed by atoms with E-state index in [1.807, 2.05) is 43.5 Å². The first-order valence-corrected chi connectivity index (χ1v) is 6.37. The molecule has 2 aromatic rings. The summed E-state index contributed by atoms with van der Waals surface area (Å²) in [5, 5.41) is 8.99. The highest BCUT2D eigenvalue weighted by molar-refractivity contribution is 7.97. The highest BCUT2D eigenvalue weighted by Gasteiger charge is 2.05. The van der Waals surface area contributed by atoms with Crippen molar-refractivity contribution in [3.63, 3.8) is 0 Å². The van der Waals surface area contributed by atoms with Crippen LogP contribution in [-0.2, 0) is 0 Å². The van der Waals surface area contributed by atoms with Gasteiger partial charge in [0.15, 0.2) is 5.76 Å². The van der Waals surface area contributed by atoms with Gasteiger partial charge in [-0.25, -0.2) is 0 Å². The van der Waals surface area contributed by atoms with Gasteiger partial charge in [-0.15, -0.1) is 5.10 Å². The third kappa shape index (κ3) is 2.88. The Morgan fingerprint density at radius 2 is 2.24 bits per heavy atom. The number of hydrogen-bond acceptors (Lipinski definition) is 4. The van der Waals surface area contributed by atoms with Crippen molar-refractivity contribution in [2.45, 2.75) is 6.92 Å². The predicted octanol–water partition coefficient (Wildman–Crippen LogP) is 3.05. The summed E-state index contributed by atoms with van der Waals surface area (Å²) in [4.78, 5) is 0. The minimum Gasteiger partial charge on any atom is -0.455 e. The maximum absolute atomic E-state index is 5.66. The van der Waals surface area contributed by atoms with E-state index in [1.54, 1.807) is 0 Å². The second-order valence-corrected chi connectivity index (χ2v) is 4.04. The molecule has 0 unspecified atom stereocenters. The van der Waals surface area contributed by atoms with Crippen molar-refractivity contribution in [1.82, 2.24) is 4.72 Å². The lowest BCUT2D eigenvalue weighted by molar-refractivity contribution is 0.604. The van der Waals surface area contributed by atoms with Gasteiger partial charge in [0.2, 0.25) is 0 Å². The van der Waals surface area contributed by atoms with Gasteiger partial charge < -0.3 is 9.14 Å². The summed E-state index contributed by atoms with van der Waals surface area (Å²) in [6, 6.07) is 9.84. The van der Waals surface area contributed by atoms with Crippen LogP contribution < -0.4 is 4.72 Å². The minimum atomic E-state index is 0.743. The monoisotopic (exact) mass is 247 g/mol. The molecule has 0 amide bonds. The van der Waals surface area contributed by atoms with Gasteiger partial charge in [-0.3, -0.25) is 0 Å². The molecule has 0 aliphatic carbocycles. The highest BCUT2D eigenvalue weighted by Crippen LogP contribution is 2.19. The number of nitrogens with one attached hydrogen (secondary N) is 1. The van der Waals surface area contributed by atoms with Gasteiger partial charge in [-0.1, -0.05) is 30.1 Å². The van der Waals surface area contributed by atoms with Crippen molar-refractivity contribution >= 4 is 35.0 Å². The Morgan fingerprint density at radius 1 is 1.41 bits per heavy atom. The summed E-state index contributed by atoms with van der Waals surface area (Å²) in [5.74, 6) is 0.743. The van der Waals surface area contributed by atoms with Crippen LogP contribution in [0.5, 0.6) is 0 Å². The Morgan fingerprint density at radius 3 is 3.00 bits per heavy atom. The molecule has 0 aliphatic heterocycles. The molecule has 0 bridgehead atoms. The van der Waals surface area contributed by atoms with Crippen molar-refractivity contribution in [2.24, 2.45) is 10.2 Å². The second-order valence-electron chi connectivity index (χ2n) is 3.40. The maximum Gasteiger partial charge on any atom is 0.151 e. The number of nitrogens with zero attached hydrogens (tertiary/aromatic N) is 2. The largest absolute Gasteiger partial charge is 0.455 e. The molecule has 1 aromatic carbocycles. The number of rotatable bonds is 4. The molecule has 0 radical (unpaired) electrons. The molecule has 4 nitrogen and oxygen atoms in total. The van der Waals surface area contributed by atoms with E-state index >= 15 is 0 Å². The number of benzene rings is 1. The number of furan rings is 1. The molecule has 0 fully saturated rings. The van der Waals surface area contributed by atoms with Crippen LogP contribution in [-0.4, -0.2) is 18.3 Å². The third-order valence-electron chi connectivity index (χ3n) is 2.22. The number of fused-ring (bicyclic) bond motifs is 1. The fourth-order valence-electron chi connectivity index (χ4n) is 1.40. The Hall–Kier alpha value is -1.75. The van der Waals surface area contributed by atoms with Crippen LogP contribution in [0.2, 0.25) is 0 Å². The van der Waals surface area contributed by atoms with E-state index in [-0.39, 0.29) is 0 Å². The first kappa shape index (κ1) is 11.7.